The third-order valence-corrected chi connectivity index (χ3v) is 1.98. The van der Waals surface area contributed by atoms with E-state index in [0.29, 0.717) is 0 Å². The van der Waals surface area contributed by atoms with Gasteiger partial charge < -0.3 is 30.6 Å². The number of carbonyl (C=O) groups is 1. The molecular weight excluding hydrogens is 226 g/mol. The summed E-state index contributed by atoms with van der Waals surface area (Å²) in [5, 5.41) is 62.0. The zero-order chi connectivity index (χ0) is 12.9. The average Bonchev–Trinajstić information content (AvgIpc) is 2.32. The van der Waals surface area contributed by atoms with Gasteiger partial charge in [0.1, 0.15) is 24.4 Å². The second kappa shape index (κ2) is 6.70. The summed E-state index contributed by atoms with van der Waals surface area (Å²) in [5.41, 5.74) is 1.03. The topological polar surface area (TPSA) is 171 Å². The molecule has 0 unspecified atom stereocenters. The van der Waals surface area contributed by atoms with Crippen LogP contribution in [0.15, 0.2) is 0 Å². The van der Waals surface area contributed by atoms with Crippen LogP contribution < -0.4 is 5.48 Å². The number of nitrogens with one attached hydrogen (secondary N) is 1. The van der Waals surface area contributed by atoms with Crippen LogP contribution in [0.1, 0.15) is 0 Å². The number of hydroxylamine groups is 1. The monoisotopic (exact) mass is 241 g/mol. The molecule has 0 bridgehead atoms. The molecule has 0 saturated heterocycles. The van der Waals surface area contributed by atoms with Gasteiger partial charge in [0.25, 0.3) is 5.91 Å². The Labute approximate surface area is 90.2 Å². The molecule has 16 heavy (non-hydrogen) atoms. The van der Waals surface area contributed by atoms with Crippen molar-refractivity contribution in [2.45, 2.75) is 30.5 Å². The van der Waals surface area contributed by atoms with Crippen molar-refractivity contribution in [3.8, 4) is 0 Å². The molecule has 0 saturated carbocycles. The number of rotatable bonds is 6. The zero-order valence-corrected chi connectivity index (χ0v) is 8.13. The van der Waals surface area contributed by atoms with E-state index in [1.807, 2.05) is 0 Å². The number of hydrogen-bond acceptors (Lipinski definition) is 8. The lowest BCUT2D eigenvalue weighted by atomic mass is 9.99. The molecule has 0 aromatic heterocycles. The molecule has 0 fully saturated rings. The van der Waals surface area contributed by atoms with E-state index in [2.05, 4.69) is 0 Å². The van der Waals surface area contributed by atoms with Crippen LogP contribution in [-0.2, 0) is 4.79 Å². The number of aliphatic hydroxyl groups excluding tert-OH is 6. The van der Waals surface area contributed by atoms with E-state index in [-0.39, 0.29) is 0 Å². The maximum atomic E-state index is 10.6. The Morgan fingerprint density at radius 1 is 1.00 bits per heavy atom. The van der Waals surface area contributed by atoms with Gasteiger partial charge in [-0.3, -0.25) is 10.0 Å². The van der Waals surface area contributed by atoms with Crippen LogP contribution in [0.5, 0.6) is 0 Å². The number of carbonyl (C=O) groups excluding carboxylic acids is 1. The van der Waals surface area contributed by atoms with E-state index in [4.69, 9.17) is 25.6 Å². The van der Waals surface area contributed by atoms with Crippen molar-refractivity contribution < 1.29 is 40.6 Å². The highest BCUT2D eigenvalue weighted by atomic mass is 16.5. The summed E-state index contributed by atoms with van der Waals surface area (Å²) < 4.78 is 0. The van der Waals surface area contributed by atoms with E-state index < -0.39 is 43.0 Å². The molecule has 1 amide bonds. The zero-order valence-electron chi connectivity index (χ0n) is 8.13. The molecule has 0 aromatic carbocycles. The molecule has 0 aliphatic rings. The smallest absolute Gasteiger partial charge is 0.274 e. The van der Waals surface area contributed by atoms with E-state index in [1.54, 1.807) is 0 Å². The maximum absolute atomic E-state index is 10.6. The van der Waals surface area contributed by atoms with E-state index in [9.17, 15) is 15.0 Å². The normalized spacial score (nSPS) is 20.7. The molecule has 0 heterocycles. The van der Waals surface area contributed by atoms with E-state index >= 15 is 0 Å². The van der Waals surface area contributed by atoms with Gasteiger partial charge in [-0.25, -0.2) is 5.48 Å². The molecule has 0 rings (SSSR count). The fraction of sp³-hybridized carbons (Fsp3) is 0.857. The van der Waals surface area contributed by atoms with Crippen LogP contribution in [0.25, 0.3) is 0 Å². The molecule has 0 aliphatic carbocycles. The van der Waals surface area contributed by atoms with Crippen LogP contribution >= 0.6 is 0 Å². The summed E-state index contributed by atoms with van der Waals surface area (Å²) in [6.45, 7) is -0.882. The first kappa shape index (κ1) is 15.2. The Morgan fingerprint density at radius 3 is 1.88 bits per heavy atom. The van der Waals surface area contributed by atoms with Crippen molar-refractivity contribution in [3.63, 3.8) is 0 Å². The standard InChI is InChI=1S/C7H15NO8/c9-1-2(10)3(11)4(12)5(13)6(14)7(15)8-16/h2-6,9-14,16H,1H2,(H,8,15)/t2-,3+,4-,5-,6-/m1/s1. The fourth-order valence-electron chi connectivity index (χ4n) is 0.946. The first-order valence-corrected chi connectivity index (χ1v) is 4.32. The van der Waals surface area contributed by atoms with Crippen molar-refractivity contribution in [2.24, 2.45) is 0 Å². The Hall–Kier alpha value is -0.810. The van der Waals surface area contributed by atoms with Gasteiger partial charge in [-0.15, -0.1) is 0 Å². The highest BCUT2D eigenvalue weighted by Gasteiger charge is 2.36. The SMILES string of the molecule is O=C(NO)[C@H](O)[C@H](O)[C@H](O)[C@@H](O)[C@H](O)CO. The van der Waals surface area contributed by atoms with E-state index in [1.165, 1.54) is 0 Å². The second-order valence-electron chi connectivity index (χ2n) is 3.14. The minimum absolute atomic E-state index is 0.882. The third kappa shape index (κ3) is 3.64. The second-order valence-corrected chi connectivity index (χ2v) is 3.14. The number of aliphatic hydroxyl groups is 6. The van der Waals surface area contributed by atoms with Crippen LogP contribution in [0.3, 0.4) is 0 Å². The van der Waals surface area contributed by atoms with Crippen molar-refractivity contribution in [3.05, 3.63) is 0 Å². The summed E-state index contributed by atoms with van der Waals surface area (Å²) in [6.07, 6.45) is -10.1. The predicted octanol–water partition coefficient (Wildman–Crippen LogP) is -4.71. The van der Waals surface area contributed by atoms with Crippen molar-refractivity contribution in [1.82, 2.24) is 5.48 Å². The molecule has 5 atom stereocenters. The lowest BCUT2D eigenvalue weighted by molar-refractivity contribution is -0.162. The van der Waals surface area contributed by atoms with Crippen molar-refractivity contribution in [1.29, 1.82) is 0 Å². The van der Waals surface area contributed by atoms with Crippen LogP contribution in [-0.4, -0.2) is 78.9 Å². The number of amides is 1. The molecule has 9 heteroatoms. The summed E-state index contributed by atoms with van der Waals surface area (Å²) >= 11 is 0. The minimum atomic E-state index is -2.19. The Kier molecular flexibility index (Phi) is 6.36. The molecular formula is C7H15NO8. The predicted molar refractivity (Wildman–Crippen MR) is 47.0 cm³/mol. The summed E-state index contributed by atoms with van der Waals surface area (Å²) in [4.78, 5) is 10.6. The molecule has 96 valence electrons. The highest BCUT2D eigenvalue weighted by molar-refractivity contribution is 5.79. The Bertz CT molecular complexity index is 224. The van der Waals surface area contributed by atoms with Gasteiger partial charge in [-0.05, 0) is 0 Å². The largest absolute Gasteiger partial charge is 0.394 e. The van der Waals surface area contributed by atoms with Crippen LogP contribution in [0.4, 0.5) is 0 Å². The summed E-state index contributed by atoms with van der Waals surface area (Å²) in [5.74, 6) is -1.39. The van der Waals surface area contributed by atoms with Gasteiger partial charge in [0.2, 0.25) is 0 Å². The molecule has 9 nitrogen and oxygen atoms in total. The molecule has 0 aliphatic heterocycles. The van der Waals surface area contributed by atoms with Gasteiger partial charge in [0, 0.05) is 0 Å². The Balaban J connectivity index is 4.47. The van der Waals surface area contributed by atoms with Crippen LogP contribution in [0.2, 0.25) is 0 Å². The molecule has 0 spiro atoms. The van der Waals surface area contributed by atoms with Crippen molar-refractivity contribution in [2.75, 3.05) is 6.61 Å². The number of hydrogen-bond donors (Lipinski definition) is 8. The third-order valence-electron chi connectivity index (χ3n) is 1.98. The first-order chi connectivity index (χ1) is 7.36. The van der Waals surface area contributed by atoms with Crippen molar-refractivity contribution >= 4 is 5.91 Å². The fourth-order valence-corrected chi connectivity index (χ4v) is 0.946. The maximum Gasteiger partial charge on any atom is 0.274 e. The first-order valence-electron chi connectivity index (χ1n) is 4.32. The van der Waals surface area contributed by atoms with Gasteiger partial charge in [-0.2, -0.15) is 0 Å². The minimum Gasteiger partial charge on any atom is -0.394 e. The Morgan fingerprint density at radius 2 is 1.50 bits per heavy atom. The van der Waals surface area contributed by atoms with Gasteiger partial charge in [-0.1, -0.05) is 0 Å². The lowest BCUT2D eigenvalue weighted by Gasteiger charge is -2.27. The van der Waals surface area contributed by atoms with Gasteiger partial charge >= 0.3 is 0 Å². The molecule has 8 N–H and O–H groups in total. The molecule has 0 aromatic rings. The van der Waals surface area contributed by atoms with E-state index in [0.717, 1.165) is 5.48 Å². The van der Waals surface area contributed by atoms with Gasteiger partial charge in [0.05, 0.1) is 6.61 Å². The quantitative estimate of drug-likeness (QED) is 0.169. The summed E-state index contributed by atoms with van der Waals surface area (Å²) in [7, 11) is 0. The average molecular weight is 241 g/mol. The summed E-state index contributed by atoms with van der Waals surface area (Å²) in [6, 6.07) is 0. The van der Waals surface area contributed by atoms with Gasteiger partial charge in [0.15, 0.2) is 6.10 Å². The molecule has 0 radical (unpaired) electrons. The lowest BCUT2D eigenvalue weighted by Crippen LogP contribution is -2.53. The van der Waals surface area contributed by atoms with Crippen LogP contribution in [0, 0.1) is 0 Å². The highest BCUT2D eigenvalue weighted by Crippen LogP contribution is 2.08.